The Labute approximate surface area is 135 Å². The number of rotatable bonds is 2. The van der Waals surface area contributed by atoms with E-state index in [1.54, 1.807) is 6.08 Å². The van der Waals surface area contributed by atoms with Gasteiger partial charge in [-0.3, -0.25) is 0 Å². The zero-order valence-electron chi connectivity index (χ0n) is 13.0. The van der Waals surface area contributed by atoms with Gasteiger partial charge < -0.3 is 9.64 Å². The smallest absolute Gasteiger partial charge is 0.130 e. The van der Waals surface area contributed by atoms with Gasteiger partial charge in [0.2, 0.25) is 0 Å². The van der Waals surface area contributed by atoms with E-state index in [0.29, 0.717) is 6.61 Å². The third-order valence-electron chi connectivity index (χ3n) is 3.77. The predicted octanol–water partition coefficient (Wildman–Crippen LogP) is 3.66. The summed E-state index contributed by atoms with van der Waals surface area (Å²) in [6, 6.07) is 14.1. The predicted molar refractivity (Wildman–Crippen MR) is 91.1 cm³/mol. The molecule has 3 rings (SSSR count). The first kappa shape index (κ1) is 14.7. The maximum Gasteiger partial charge on any atom is 0.130 e. The number of nitriles is 2. The number of anilines is 1. The lowest BCUT2D eigenvalue weighted by Crippen LogP contribution is -2.08. The lowest BCUT2D eigenvalue weighted by atomic mass is 10.0. The highest BCUT2D eigenvalue weighted by molar-refractivity contribution is 5.90. The van der Waals surface area contributed by atoms with Crippen LogP contribution in [0.2, 0.25) is 0 Å². The highest BCUT2D eigenvalue weighted by Gasteiger charge is 2.12. The van der Waals surface area contributed by atoms with Crippen LogP contribution in [0.15, 0.2) is 47.6 Å². The molecule has 0 atom stereocenters. The van der Waals surface area contributed by atoms with Crippen LogP contribution >= 0.6 is 0 Å². The minimum Gasteiger partial charge on any atom is -0.488 e. The molecule has 0 saturated carbocycles. The third-order valence-corrected chi connectivity index (χ3v) is 3.77. The van der Waals surface area contributed by atoms with Crippen LogP contribution in [-0.4, -0.2) is 20.7 Å². The molecule has 1 aliphatic rings. The second kappa shape index (κ2) is 5.87. The van der Waals surface area contributed by atoms with E-state index in [-0.39, 0.29) is 5.57 Å². The maximum atomic E-state index is 8.85. The van der Waals surface area contributed by atoms with E-state index in [4.69, 9.17) is 15.3 Å². The number of fused-ring (bicyclic) bond motifs is 2. The summed E-state index contributed by atoms with van der Waals surface area (Å²) in [7, 11) is 4.03. The monoisotopic (exact) mass is 301 g/mol. The van der Waals surface area contributed by atoms with Gasteiger partial charge in [0.1, 0.15) is 30.1 Å². The first-order valence-electron chi connectivity index (χ1n) is 7.21. The molecule has 23 heavy (non-hydrogen) atoms. The molecule has 0 aliphatic carbocycles. The molecule has 0 N–H and O–H groups in total. The van der Waals surface area contributed by atoms with Gasteiger partial charge in [0.15, 0.2) is 0 Å². The van der Waals surface area contributed by atoms with E-state index >= 15 is 0 Å². The molecule has 0 unspecified atom stereocenters. The molecule has 112 valence electrons. The van der Waals surface area contributed by atoms with Crippen molar-refractivity contribution in [3.63, 3.8) is 0 Å². The van der Waals surface area contributed by atoms with Crippen molar-refractivity contribution in [3.8, 4) is 17.9 Å². The fraction of sp³-hybridized carbons (Fsp3) is 0.158. The zero-order chi connectivity index (χ0) is 16.4. The van der Waals surface area contributed by atoms with Crippen LogP contribution in [0.4, 0.5) is 5.69 Å². The van der Waals surface area contributed by atoms with Gasteiger partial charge in [-0.05, 0) is 52.8 Å². The minimum atomic E-state index is 0.0831. The Hall–Kier alpha value is -3.24. The number of hydrogen-bond acceptors (Lipinski definition) is 4. The number of benzene rings is 2. The molecule has 0 radical (unpaired) electrons. The highest BCUT2D eigenvalue weighted by Crippen LogP contribution is 2.33. The maximum absolute atomic E-state index is 8.85. The Morgan fingerprint density at radius 2 is 1.91 bits per heavy atom. The first-order chi connectivity index (χ1) is 11.1. The minimum absolute atomic E-state index is 0.0831. The molecule has 0 aromatic heterocycles. The number of hydrogen-bond donors (Lipinski definition) is 0. The molecular formula is C19H15N3O. The van der Waals surface area contributed by atoms with Gasteiger partial charge in [-0.2, -0.15) is 10.5 Å². The number of allylic oxidation sites excluding steroid dienone is 1. The topological polar surface area (TPSA) is 60.0 Å². The molecule has 4 heteroatoms. The van der Waals surface area contributed by atoms with Crippen LogP contribution in [-0.2, 0) is 0 Å². The summed E-state index contributed by atoms with van der Waals surface area (Å²) < 4.78 is 5.79. The molecule has 0 amide bonds. The van der Waals surface area contributed by atoms with Crippen molar-refractivity contribution in [1.82, 2.24) is 0 Å². The molecule has 1 aliphatic heterocycles. The van der Waals surface area contributed by atoms with Crippen LogP contribution in [0.3, 0.4) is 0 Å². The van der Waals surface area contributed by atoms with Crippen molar-refractivity contribution in [2.45, 2.75) is 0 Å². The summed E-state index contributed by atoms with van der Waals surface area (Å²) in [5.41, 5.74) is 3.00. The van der Waals surface area contributed by atoms with Crippen LogP contribution < -0.4 is 9.64 Å². The third kappa shape index (κ3) is 2.88. The van der Waals surface area contributed by atoms with E-state index in [9.17, 15) is 0 Å². The van der Waals surface area contributed by atoms with Gasteiger partial charge in [0, 0.05) is 25.3 Å². The largest absolute Gasteiger partial charge is 0.488 e. The normalized spacial score (nSPS) is 12.3. The number of ether oxygens (including phenoxy) is 1. The van der Waals surface area contributed by atoms with E-state index in [2.05, 4.69) is 29.2 Å². The van der Waals surface area contributed by atoms with Crippen molar-refractivity contribution in [2.24, 2.45) is 0 Å². The average molecular weight is 301 g/mol. The molecule has 0 spiro atoms. The first-order valence-corrected chi connectivity index (χ1v) is 7.21. The van der Waals surface area contributed by atoms with Gasteiger partial charge in [0.05, 0.1) is 0 Å². The van der Waals surface area contributed by atoms with Crippen molar-refractivity contribution in [1.29, 1.82) is 10.5 Å². The van der Waals surface area contributed by atoms with Gasteiger partial charge in [-0.1, -0.05) is 6.07 Å². The van der Waals surface area contributed by atoms with Crippen molar-refractivity contribution in [2.75, 3.05) is 25.6 Å². The fourth-order valence-electron chi connectivity index (χ4n) is 2.56. The summed E-state index contributed by atoms with van der Waals surface area (Å²) in [6.45, 7) is 0.360. The Morgan fingerprint density at radius 3 is 2.61 bits per heavy atom. The van der Waals surface area contributed by atoms with E-state index in [0.717, 1.165) is 33.3 Å². The molecule has 0 fully saturated rings. The van der Waals surface area contributed by atoms with Gasteiger partial charge in [0.25, 0.3) is 0 Å². The SMILES string of the molecule is CN(C)c1ccc2cc3c(cc2c1)OCC(C=C(C#N)C#N)=C3. The Balaban J connectivity index is 2.06. The van der Waals surface area contributed by atoms with E-state index in [1.165, 1.54) is 0 Å². The van der Waals surface area contributed by atoms with Crippen LogP contribution in [0.5, 0.6) is 5.75 Å². The summed E-state index contributed by atoms with van der Waals surface area (Å²) in [4.78, 5) is 2.06. The molecular weight excluding hydrogens is 286 g/mol. The summed E-state index contributed by atoms with van der Waals surface area (Å²) in [5, 5.41) is 19.9. The summed E-state index contributed by atoms with van der Waals surface area (Å²) >= 11 is 0. The van der Waals surface area contributed by atoms with Crippen LogP contribution in [0, 0.1) is 22.7 Å². The second-order valence-electron chi connectivity index (χ2n) is 5.61. The van der Waals surface area contributed by atoms with Crippen LogP contribution in [0.1, 0.15) is 5.56 Å². The van der Waals surface area contributed by atoms with Gasteiger partial charge in [-0.15, -0.1) is 0 Å². The molecule has 4 nitrogen and oxygen atoms in total. The Kier molecular flexibility index (Phi) is 3.75. The standard InChI is InChI=1S/C19H15N3O/c1-22(2)18-4-3-15-7-17-6-13(5-14(10-20)11-21)12-23-19(17)9-16(15)8-18/h3-9H,12H2,1-2H3. The Morgan fingerprint density at radius 1 is 1.13 bits per heavy atom. The highest BCUT2D eigenvalue weighted by atomic mass is 16.5. The Bertz CT molecular complexity index is 908. The lowest BCUT2D eigenvalue weighted by Gasteiger charge is -2.18. The molecule has 0 bridgehead atoms. The van der Waals surface area contributed by atoms with Gasteiger partial charge in [-0.25, -0.2) is 0 Å². The van der Waals surface area contributed by atoms with Crippen LogP contribution in [0.25, 0.3) is 16.8 Å². The van der Waals surface area contributed by atoms with Crippen molar-refractivity contribution < 1.29 is 4.74 Å². The van der Waals surface area contributed by atoms with E-state index in [1.807, 2.05) is 38.4 Å². The summed E-state index contributed by atoms with van der Waals surface area (Å²) in [6.07, 6.45) is 3.54. The van der Waals surface area contributed by atoms with Crippen molar-refractivity contribution >= 4 is 22.5 Å². The fourth-order valence-corrected chi connectivity index (χ4v) is 2.56. The molecule has 0 saturated heterocycles. The van der Waals surface area contributed by atoms with E-state index < -0.39 is 0 Å². The van der Waals surface area contributed by atoms with Gasteiger partial charge >= 0.3 is 0 Å². The average Bonchev–Trinajstić information content (AvgIpc) is 2.57. The number of nitrogens with zero attached hydrogens (tertiary/aromatic N) is 3. The quantitative estimate of drug-likeness (QED) is 0.794. The molecule has 1 heterocycles. The zero-order valence-corrected chi connectivity index (χ0v) is 13.0. The lowest BCUT2D eigenvalue weighted by molar-refractivity contribution is 0.351. The summed E-state index contributed by atoms with van der Waals surface area (Å²) in [5.74, 6) is 0.820. The molecule has 2 aromatic rings. The second-order valence-corrected chi connectivity index (χ2v) is 5.61. The van der Waals surface area contributed by atoms with Crippen molar-refractivity contribution in [3.05, 3.63) is 53.1 Å². The molecule has 2 aromatic carbocycles.